The van der Waals surface area contributed by atoms with Gasteiger partial charge in [-0.3, -0.25) is 4.98 Å². The van der Waals surface area contributed by atoms with Crippen molar-refractivity contribution in [1.82, 2.24) is 9.97 Å². The molecule has 2 aromatic heterocycles. The molecule has 0 fully saturated rings. The summed E-state index contributed by atoms with van der Waals surface area (Å²) in [6.07, 6.45) is 4.25. The second-order valence-electron chi connectivity index (χ2n) is 7.28. The van der Waals surface area contributed by atoms with Crippen molar-refractivity contribution >= 4 is 21.8 Å². The Morgan fingerprint density at radius 2 is 1.89 bits per heavy atom. The third-order valence-corrected chi connectivity index (χ3v) is 5.40. The van der Waals surface area contributed by atoms with Crippen molar-refractivity contribution in [3.8, 4) is 11.3 Å². The SMILES string of the molecule is CCc1ccc2[nH]c(-c3cccc4nc(C)ccc34)c(CCCCN)c2c1. The van der Waals surface area contributed by atoms with E-state index in [-0.39, 0.29) is 0 Å². The fraction of sp³-hybridized carbons (Fsp3) is 0.292. The van der Waals surface area contributed by atoms with E-state index in [0.717, 1.165) is 43.4 Å². The normalized spacial score (nSPS) is 11.5. The Morgan fingerprint density at radius 3 is 2.70 bits per heavy atom. The number of aromatic nitrogens is 2. The molecular formula is C24H27N3. The molecule has 3 nitrogen and oxygen atoms in total. The van der Waals surface area contributed by atoms with Gasteiger partial charge in [-0.25, -0.2) is 0 Å². The Kier molecular flexibility index (Phi) is 4.95. The van der Waals surface area contributed by atoms with Gasteiger partial charge in [-0.15, -0.1) is 0 Å². The fourth-order valence-corrected chi connectivity index (χ4v) is 3.93. The van der Waals surface area contributed by atoms with Gasteiger partial charge in [0, 0.05) is 27.5 Å². The standard InChI is InChI=1S/C24H27N3/c1-3-17-11-13-23-21(15-17)20(7-4-5-14-25)24(27-23)19-8-6-9-22-18(19)12-10-16(2)26-22/h6,8-13,15,27H,3-5,7,14,25H2,1-2H3. The smallest absolute Gasteiger partial charge is 0.0711 e. The number of benzene rings is 2. The van der Waals surface area contributed by atoms with Crippen LogP contribution in [0, 0.1) is 6.92 Å². The molecule has 2 aromatic carbocycles. The van der Waals surface area contributed by atoms with Gasteiger partial charge in [0.25, 0.3) is 0 Å². The second-order valence-corrected chi connectivity index (χ2v) is 7.28. The molecule has 27 heavy (non-hydrogen) atoms. The van der Waals surface area contributed by atoms with Gasteiger partial charge in [-0.1, -0.05) is 31.2 Å². The van der Waals surface area contributed by atoms with Crippen molar-refractivity contribution in [1.29, 1.82) is 0 Å². The molecule has 3 N–H and O–H groups in total. The first kappa shape index (κ1) is 17.7. The first-order valence-corrected chi connectivity index (χ1v) is 9.91. The summed E-state index contributed by atoms with van der Waals surface area (Å²) in [6.45, 7) is 5.00. The number of aryl methyl sites for hydroxylation is 3. The minimum absolute atomic E-state index is 0.745. The molecule has 0 radical (unpaired) electrons. The van der Waals surface area contributed by atoms with Gasteiger partial charge in [-0.05, 0) is 74.5 Å². The van der Waals surface area contributed by atoms with Crippen LogP contribution in [-0.2, 0) is 12.8 Å². The van der Waals surface area contributed by atoms with E-state index in [1.807, 2.05) is 6.92 Å². The molecule has 138 valence electrons. The van der Waals surface area contributed by atoms with Crippen LogP contribution in [0.2, 0.25) is 0 Å². The monoisotopic (exact) mass is 357 g/mol. The minimum atomic E-state index is 0.745. The van der Waals surface area contributed by atoms with Crippen molar-refractivity contribution < 1.29 is 0 Å². The average molecular weight is 358 g/mol. The lowest BCUT2D eigenvalue weighted by Gasteiger charge is -2.09. The molecule has 0 aliphatic carbocycles. The summed E-state index contributed by atoms with van der Waals surface area (Å²) in [5.41, 5.74) is 14.3. The summed E-state index contributed by atoms with van der Waals surface area (Å²) in [7, 11) is 0. The van der Waals surface area contributed by atoms with E-state index in [2.05, 4.69) is 60.4 Å². The Bertz CT molecular complexity index is 1090. The first-order valence-electron chi connectivity index (χ1n) is 9.91. The van der Waals surface area contributed by atoms with Crippen LogP contribution >= 0.6 is 0 Å². The molecule has 0 unspecified atom stereocenters. The number of nitrogens with two attached hydrogens (primary N) is 1. The highest BCUT2D eigenvalue weighted by Gasteiger charge is 2.15. The molecule has 0 atom stereocenters. The number of unbranched alkanes of at least 4 members (excludes halogenated alkanes) is 1. The first-order chi connectivity index (χ1) is 13.2. The number of hydrogen-bond acceptors (Lipinski definition) is 2. The summed E-state index contributed by atoms with van der Waals surface area (Å²) in [5, 5.41) is 2.55. The summed E-state index contributed by atoms with van der Waals surface area (Å²) < 4.78 is 0. The maximum absolute atomic E-state index is 5.75. The van der Waals surface area contributed by atoms with E-state index in [0.29, 0.717) is 0 Å². The molecule has 0 aliphatic heterocycles. The van der Waals surface area contributed by atoms with Crippen molar-refractivity contribution in [2.24, 2.45) is 5.73 Å². The lowest BCUT2D eigenvalue weighted by atomic mass is 9.97. The fourth-order valence-electron chi connectivity index (χ4n) is 3.93. The van der Waals surface area contributed by atoms with Gasteiger partial charge in [0.1, 0.15) is 0 Å². The van der Waals surface area contributed by atoms with Crippen LogP contribution in [0.3, 0.4) is 0 Å². The van der Waals surface area contributed by atoms with Crippen LogP contribution in [0.25, 0.3) is 33.1 Å². The lowest BCUT2D eigenvalue weighted by Crippen LogP contribution is -1.99. The Balaban J connectivity index is 1.94. The molecule has 0 amide bonds. The van der Waals surface area contributed by atoms with Crippen LogP contribution in [0.15, 0.2) is 48.5 Å². The van der Waals surface area contributed by atoms with Gasteiger partial charge >= 0.3 is 0 Å². The third kappa shape index (κ3) is 3.35. The molecular weight excluding hydrogens is 330 g/mol. The highest BCUT2D eigenvalue weighted by Crippen LogP contribution is 2.35. The Morgan fingerprint density at radius 1 is 1.00 bits per heavy atom. The van der Waals surface area contributed by atoms with Crippen LogP contribution < -0.4 is 5.73 Å². The number of hydrogen-bond donors (Lipinski definition) is 2. The van der Waals surface area contributed by atoms with E-state index < -0.39 is 0 Å². The molecule has 0 saturated carbocycles. The van der Waals surface area contributed by atoms with Crippen molar-refractivity contribution in [2.75, 3.05) is 6.54 Å². The number of fused-ring (bicyclic) bond motifs is 2. The number of rotatable bonds is 6. The predicted molar refractivity (Wildman–Crippen MR) is 115 cm³/mol. The van der Waals surface area contributed by atoms with Crippen molar-refractivity contribution in [3.05, 3.63) is 65.4 Å². The molecule has 4 rings (SSSR count). The van der Waals surface area contributed by atoms with Gasteiger partial charge in [0.05, 0.1) is 11.2 Å². The second kappa shape index (κ2) is 7.53. The number of aromatic amines is 1. The van der Waals surface area contributed by atoms with Crippen LogP contribution in [-0.4, -0.2) is 16.5 Å². The largest absolute Gasteiger partial charge is 0.354 e. The quantitative estimate of drug-likeness (QED) is 0.445. The average Bonchev–Trinajstić information content (AvgIpc) is 3.05. The van der Waals surface area contributed by atoms with E-state index in [1.165, 1.54) is 38.7 Å². The number of nitrogens with one attached hydrogen (secondary N) is 1. The maximum atomic E-state index is 5.75. The Labute approximate surface area is 160 Å². The summed E-state index contributed by atoms with van der Waals surface area (Å²) in [5.74, 6) is 0. The molecule has 0 saturated heterocycles. The zero-order valence-electron chi connectivity index (χ0n) is 16.2. The predicted octanol–water partition coefficient (Wildman–Crippen LogP) is 5.54. The molecule has 0 bridgehead atoms. The number of pyridine rings is 1. The van der Waals surface area contributed by atoms with Crippen molar-refractivity contribution in [2.45, 2.75) is 39.5 Å². The molecule has 3 heteroatoms. The van der Waals surface area contributed by atoms with Crippen LogP contribution in [0.1, 0.15) is 36.6 Å². The topological polar surface area (TPSA) is 54.7 Å². The van der Waals surface area contributed by atoms with Gasteiger partial charge in [0.2, 0.25) is 0 Å². The summed E-state index contributed by atoms with van der Waals surface area (Å²) in [6, 6.07) is 17.5. The number of nitrogens with zero attached hydrogens (tertiary/aromatic N) is 1. The van der Waals surface area contributed by atoms with Gasteiger partial charge < -0.3 is 10.7 Å². The summed E-state index contributed by atoms with van der Waals surface area (Å²) >= 11 is 0. The minimum Gasteiger partial charge on any atom is -0.354 e. The third-order valence-electron chi connectivity index (χ3n) is 5.40. The molecule has 0 spiro atoms. The molecule has 0 aliphatic rings. The Hall–Kier alpha value is -2.65. The molecule has 4 aromatic rings. The van der Waals surface area contributed by atoms with E-state index in [1.54, 1.807) is 0 Å². The van der Waals surface area contributed by atoms with E-state index in [4.69, 9.17) is 10.7 Å². The van der Waals surface area contributed by atoms with E-state index in [9.17, 15) is 0 Å². The number of H-pyrrole nitrogens is 1. The zero-order valence-corrected chi connectivity index (χ0v) is 16.2. The van der Waals surface area contributed by atoms with Crippen LogP contribution in [0.4, 0.5) is 0 Å². The molecule has 2 heterocycles. The van der Waals surface area contributed by atoms with Crippen LogP contribution in [0.5, 0.6) is 0 Å². The highest BCUT2D eigenvalue weighted by atomic mass is 14.7. The summed E-state index contributed by atoms with van der Waals surface area (Å²) in [4.78, 5) is 8.42. The van der Waals surface area contributed by atoms with Gasteiger partial charge in [-0.2, -0.15) is 0 Å². The highest BCUT2D eigenvalue weighted by molar-refractivity contribution is 5.99. The van der Waals surface area contributed by atoms with E-state index >= 15 is 0 Å². The lowest BCUT2D eigenvalue weighted by molar-refractivity contribution is 0.748. The van der Waals surface area contributed by atoms with Gasteiger partial charge in [0.15, 0.2) is 0 Å². The van der Waals surface area contributed by atoms with Crippen molar-refractivity contribution in [3.63, 3.8) is 0 Å². The maximum Gasteiger partial charge on any atom is 0.0711 e. The zero-order chi connectivity index (χ0) is 18.8.